The van der Waals surface area contributed by atoms with Crippen molar-refractivity contribution in [2.75, 3.05) is 0 Å². The molecule has 0 aromatic carbocycles. The summed E-state index contributed by atoms with van der Waals surface area (Å²) in [6, 6.07) is 0.681. The Morgan fingerprint density at radius 3 is 2.24 bits per heavy atom. The summed E-state index contributed by atoms with van der Waals surface area (Å²) in [4.78, 5) is 13.6. The van der Waals surface area contributed by atoms with E-state index in [-0.39, 0.29) is 5.69 Å². The molecular formula is C10H8F6N2O3. The fourth-order valence-corrected chi connectivity index (χ4v) is 1.52. The molecule has 3 N–H and O–H groups in total. The molecule has 0 aliphatic rings. The van der Waals surface area contributed by atoms with Crippen LogP contribution >= 0.6 is 0 Å². The monoisotopic (exact) mass is 318 g/mol. The second kappa shape index (κ2) is 5.76. The lowest BCUT2D eigenvalue weighted by atomic mass is 10.0. The number of pyridine rings is 1. The van der Waals surface area contributed by atoms with E-state index in [1.165, 1.54) is 0 Å². The molecule has 0 spiro atoms. The average molecular weight is 318 g/mol. The Kier molecular flexibility index (Phi) is 4.66. The number of rotatable bonds is 4. The van der Waals surface area contributed by atoms with Crippen LogP contribution in [0.15, 0.2) is 6.07 Å². The third kappa shape index (κ3) is 4.77. The first-order chi connectivity index (χ1) is 9.44. The van der Waals surface area contributed by atoms with E-state index in [1.54, 1.807) is 0 Å². The number of aromatic nitrogens is 1. The molecule has 1 aromatic rings. The molecule has 5 nitrogen and oxygen atoms in total. The molecule has 0 atom stereocenters. The first-order valence-corrected chi connectivity index (χ1v) is 5.21. The van der Waals surface area contributed by atoms with Crippen molar-refractivity contribution in [3.63, 3.8) is 0 Å². The summed E-state index contributed by atoms with van der Waals surface area (Å²) < 4.78 is 78.3. The van der Waals surface area contributed by atoms with Gasteiger partial charge in [0.15, 0.2) is 0 Å². The number of alkyl halides is 6. The van der Waals surface area contributed by atoms with Crippen molar-refractivity contribution >= 4 is 5.97 Å². The number of carboxylic acid groups (broad SMARTS) is 1. The van der Waals surface area contributed by atoms with Gasteiger partial charge in [-0.15, -0.1) is 13.2 Å². The molecule has 0 bridgehead atoms. The van der Waals surface area contributed by atoms with Crippen LogP contribution in [0.3, 0.4) is 0 Å². The summed E-state index contributed by atoms with van der Waals surface area (Å²) in [7, 11) is 0. The van der Waals surface area contributed by atoms with Crippen molar-refractivity contribution in [3.05, 3.63) is 22.9 Å². The number of aliphatic carboxylic acids is 1. The van der Waals surface area contributed by atoms with Gasteiger partial charge in [0.05, 0.1) is 12.1 Å². The Morgan fingerprint density at radius 2 is 1.86 bits per heavy atom. The standard InChI is InChI=1S/C10H8F6N2O3/c11-9(12,13)7-4(2-6(19)20)1-5(3-17)18-8(7)21-10(14,15)16/h1H,2-3,17H2,(H,19,20). The van der Waals surface area contributed by atoms with Gasteiger partial charge in [-0.25, -0.2) is 4.98 Å². The van der Waals surface area contributed by atoms with E-state index in [0.29, 0.717) is 6.07 Å². The largest absolute Gasteiger partial charge is 0.574 e. The van der Waals surface area contributed by atoms with Gasteiger partial charge in [0.2, 0.25) is 5.88 Å². The molecule has 0 aliphatic heterocycles. The molecule has 0 aliphatic carbocycles. The van der Waals surface area contributed by atoms with Crippen LogP contribution in [0.2, 0.25) is 0 Å². The smallest absolute Gasteiger partial charge is 0.481 e. The summed E-state index contributed by atoms with van der Waals surface area (Å²) in [6.45, 7) is -0.487. The van der Waals surface area contributed by atoms with Gasteiger partial charge in [0, 0.05) is 6.54 Å². The van der Waals surface area contributed by atoms with Crippen LogP contribution in [0.4, 0.5) is 26.3 Å². The Balaban J connectivity index is 3.54. The number of halogens is 6. The zero-order chi connectivity index (χ0) is 16.4. The van der Waals surface area contributed by atoms with Crippen molar-refractivity contribution in [1.82, 2.24) is 4.98 Å². The van der Waals surface area contributed by atoms with Crippen LogP contribution in [-0.4, -0.2) is 22.4 Å². The minimum Gasteiger partial charge on any atom is -0.481 e. The number of nitrogens with two attached hydrogens (primary N) is 1. The normalized spacial score (nSPS) is 12.3. The second-order valence-corrected chi connectivity index (χ2v) is 3.77. The molecule has 118 valence electrons. The fraction of sp³-hybridized carbons (Fsp3) is 0.400. The van der Waals surface area contributed by atoms with Crippen LogP contribution in [0.25, 0.3) is 0 Å². The highest BCUT2D eigenvalue weighted by molar-refractivity contribution is 5.71. The molecule has 0 saturated heterocycles. The zero-order valence-corrected chi connectivity index (χ0v) is 10.0. The number of hydrogen-bond acceptors (Lipinski definition) is 4. The molecule has 0 fully saturated rings. The van der Waals surface area contributed by atoms with E-state index < -0.39 is 48.5 Å². The molecule has 0 saturated carbocycles. The van der Waals surface area contributed by atoms with Gasteiger partial charge < -0.3 is 15.6 Å². The molecular weight excluding hydrogens is 310 g/mol. The molecule has 1 rings (SSSR count). The maximum atomic E-state index is 12.9. The minimum absolute atomic E-state index is 0.363. The van der Waals surface area contributed by atoms with E-state index in [1.807, 2.05) is 0 Å². The number of nitrogens with zero attached hydrogens (tertiary/aromatic N) is 1. The van der Waals surface area contributed by atoms with Crippen molar-refractivity contribution in [2.24, 2.45) is 5.73 Å². The highest BCUT2D eigenvalue weighted by atomic mass is 19.4. The number of ether oxygens (including phenoxy) is 1. The van der Waals surface area contributed by atoms with Gasteiger partial charge in [-0.3, -0.25) is 4.79 Å². The lowest BCUT2D eigenvalue weighted by molar-refractivity contribution is -0.278. The van der Waals surface area contributed by atoms with Crippen LogP contribution in [0.1, 0.15) is 16.8 Å². The molecule has 1 heterocycles. The number of hydrogen-bond donors (Lipinski definition) is 2. The summed E-state index contributed by atoms with van der Waals surface area (Å²) in [6.07, 6.45) is -11.8. The minimum atomic E-state index is -5.42. The summed E-state index contributed by atoms with van der Waals surface area (Å²) in [5.41, 5.74) is 1.95. The van der Waals surface area contributed by atoms with Gasteiger partial charge >= 0.3 is 18.5 Å². The van der Waals surface area contributed by atoms with E-state index in [2.05, 4.69) is 9.72 Å². The molecule has 0 unspecified atom stereocenters. The van der Waals surface area contributed by atoms with E-state index in [4.69, 9.17) is 10.8 Å². The van der Waals surface area contributed by atoms with E-state index in [0.717, 1.165) is 0 Å². The predicted octanol–water partition coefficient (Wildman–Crippen LogP) is 2.08. The highest BCUT2D eigenvalue weighted by Crippen LogP contribution is 2.40. The van der Waals surface area contributed by atoms with Gasteiger partial charge in [-0.05, 0) is 11.6 Å². The number of carboxylic acids is 1. The van der Waals surface area contributed by atoms with E-state index >= 15 is 0 Å². The first-order valence-electron chi connectivity index (χ1n) is 5.21. The van der Waals surface area contributed by atoms with Crippen LogP contribution in [0.5, 0.6) is 5.88 Å². The van der Waals surface area contributed by atoms with Gasteiger partial charge in [-0.2, -0.15) is 13.2 Å². The average Bonchev–Trinajstić information content (AvgIpc) is 2.23. The molecule has 1 aromatic heterocycles. The van der Waals surface area contributed by atoms with Crippen molar-refractivity contribution < 1.29 is 41.0 Å². The lowest BCUT2D eigenvalue weighted by Gasteiger charge is -2.18. The Bertz CT molecular complexity index is 541. The third-order valence-corrected chi connectivity index (χ3v) is 2.17. The second-order valence-electron chi connectivity index (χ2n) is 3.77. The molecule has 0 amide bonds. The first kappa shape index (κ1) is 17.0. The SMILES string of the molecule is NCc1cc(CC(=O)O)c(C(F)(F)F)c(OC(F)(F)F)n1. The maximum absolute atomic E-state index is 12.9. The van der Waals surface area contributed by atoms with Gasteiger partial charge in [0.25, 0.3) is 0 Å². The lowest BCUT2D eigenvalue weighted by Crippen LogP contribution is -2.23. The zero-order valence-electron chi connectivity index (χ0n) is 10.0. The molecule has 11 heteroatoms. The third-order valence-electron chi connectivity index (χ3n) is 2.17. The predicted molar refractivity (Wildman–Crippen MR) is 55.2 cm³/mol. The molecule has 21 heavy (non-hydrogen) atoms. The Hall–Kier alpha value is -2.04. The van der Waals surface area contributed by atoms with Crippen molar-refractivity contribution in [2.45, 2.75) is 25.5 Å². The van der Waals surface area contributed by atoms with Crippen LogP contribution < -0.4 is 10.5 Å². The van der Waals surface area contributed by atoms with E-state index in [9.17, 15) is 31.1 Å². The van der Waals surface area contributed by atoms with Gasteiger partial charge in [-0.1, -0.05) is 0 Å². The summed E-state index contributed by atoms with van der Waals surface area (Å²) >= 11 is 0. The highest BCUT2D eigenvalue weighted by Gasteiger charge is 2.42. The topological polar surface area (TPSA) is 85.4 Å². The van der Waals surface area contributed by atoms with Crippen molar-refractivity contribution in [3.8, 4) is 5.88 Å². The summed E-state index contributed by atoms with van der Waals surface area (Å²) in [5, 5.41) is 8.56. The van der Waals surface area contributed by atoms with Crippen LogP contribution in [0, 0.1) is 0 Å². The van der Waals surface area contributed by atoms with Crippen LogP contribution in [-0.2, 0) is 23.9 Å². The maximum Gasteiger partial charge on any atom is 0.574 e. The quantitative estimate of drug-likeness (QED) is 0.830. The van der Waals surface area contributed by atoms with Crippen molar-refractivity contribution in [1.29, 1.82) is 0 Å². The Labute approximate surface area is 113 Å². The fourth-order valence-electron chi connectivity index (χ4n) is 1.52. The number of carbonyl (C=O) groups is 1. The van der Waals surface area contributed by atoms with Gasteiger partial charge in [0.1, 0.15) is 5.56 Å². The Morgan fingerprint density at radius 1 is 1.29 bits per heavy atom. The molecule has 0 radical (unpaired) electrons. The summed E-state index contributed by atoms with van der Waals surface area (Å²) in [5.74, 6) is -3.43.